The number of nitrogens with two attached hydrogens (primary N) is 1. The van der Waals surface area contributed by atoms with E-state index in [2.05, 4.69) is 5.32 Å². The first-order valence-electron chi connectivity index (χ1n) is 13.7. The van der Waals surface area contributed by atoms with E-state index in [-0.39, 0.29) is 36.1 Å². The summed E-state index contributed by atoms with van der Waals surface area (Å²) in [5.41, 5.74) is 2.77. The van der Waals surface area contributed by atoms with E-state index in [9.17, 15) is 39.0 Å². The summed E-state index contributed by atoms with van der Waals surface area (Å²) in [6.45, 7) is 5.69. The number of Topliss-reactive ketones (excluding diaryl/α,β-unsaturated/α-hetero) is 4. The standard InChI is InChI=1S/C29H38N4O9/c1-28(2,3)11-42-27(40)31-15-10-16(32(4)5)13-8-12-9-14-20(33(6)7)23(36)19(26(30)39)25(38)29(14,41)24(37)17(12)22(35)18(13)21(15)34/h10,12,14,17,19-20,34,41H,8-9,11H2,1-7H3,(H2,30,39)(H,31,40)/t12-,14-,17?,19?,20-,29-/m0/s1. The Morgan fingerprint density at radius 1 is 1.12 bits per heavy atom. The van der Waals surface area contributed by atoms with Crippen molar-refractivity contribution in [1.29, 1.82) is 0 Å². The van der Waals surface area contributed by atoms with Gasteiger partial charge in [0.25, 0.3) is 0 Å². The van der Waals surface area contributed by atoms with Crippen molar-refractivity contribution in [3.05, 3.63) is 17.2 Å². The topological polar surface area (TPSA) is 197 Å². The molecule has 228 valence electrons. The van der Waals surface area contributed by atoms with Crippen LogP contribution in [0.4, 0.5) is 16.2 Å². The number of phenolic OH excluding ortho intramolecular Hbond substituents is 1. The minimum atomic E-state index is -2.82. The number of fused-ring (bicyclic) bond motifs is 3. The average Bonchev–Trinajstić information content (AvgIpc) is 2.85. The number of phenols is 1. The number of hydrogen-bond acceptors (Lipinski definition) is 11. The predicted molar refractivity (Wildman–Crippen MR) is 150 cm³/mol. The molecule has 2 saturated carbocycles. The number of ketones is 4. The number of hydrogen-bond donors (Lipinski definition) is 4. The molecule has 2 fully saturated rings. The molecule has 0 spiro atoms. The number of anilines is 2. The van der Waals surface area contributed by atoms with E-state index >= 15 is 0 Å². The summed E-state index contributed by atoms with van der Waals surface area (Å²) in [6, 6.07) is 0.313. The molecule has 0 aliphatic heterocycles. The molecule has 2 unspecified atom stereocenters. The molecule has 1 aromatic carbocycles. The minimum absolute atomic E-state index is 0.0589. The van der Waals surface area contributed by atoms with E-state index in [4.69, 9.17) is 10.5 Å². The molecule has 3 aliphatic carbocycles. The lowest BCUT2D eigenvalue weighted by molar-refractivity contribution is -0.181. The zero-order valence-electron chi connectivity index (χ0n) is 24.8. The van der Waals surface area contributed by atoms with Crippen LogP contribution in [0.2, 0.25) is 0 Å². The number of nitrogens with one attached hydrogen (secondary N) is 1. The van der Waals surface area contributed by atoms with Gasteiger partial charge >= 0.3 is 6.09 Å². The highest BCUT2D eigenvalue weighted by Crippen LogP contribution is 2.52. The predicted octanol–water partition coefficient (Wildman–Crippen LogP) is 0.528. The SMILES string of the molecule is CN(C)c1cc(NC(=O)OCC(C)(C)C)c(O)c2c1C[C@H]1C[C@H]3[C@H](N(C)C)C(=O)C(C(N)=O)C(=O)[C@@]3(O)C(=O)C1C2=O. The summed E-state index contributed by atoms with van der Waals surface area (Å²) >= 11 is 0. The molecule has 3 aliphatic rings. The second kappa shape index (κ2) is 10.5. The summed E-state index contributed by atoms with van der Waals surface area (Å²) in [7, 11) is 6.47. The van der Waals surface area contributed by atoms with Crippen LogP contribution in [0, 0.1) is 29.1 Å². The van der Waals surface area contributed by atoms with Crippen LogP contribution in [-0.2, 0) is 30.3 Å². The van der Waals surface area contributed by atoms with Crippen LogP contribution in [0.5, 0.6) is 5.75 Å². The van der Waals surface area contributed by atoms with Gasteiger partial charge in [-0.25, -0.2) is 4.79 Å². The van der Waals surface area contributed by atoms with Gasteiger partial charge < -0.3 is 25.6 Å². The lowest BCUT2D eigenvalue weighted by Gasteiger charge is -2.52. The molecule has 2 amide bonds. The number of benzene rings is 1. The first-order chi connectivity index (χ1) is 19.3. The molecular formula is C29H38N4O9. The number of nitrogens with zero attached hydrogens (tertiary/aromatic N) is 2. The van der Waals surface area contributed by atoms with Crippen molar-refractivity contribution in [3.63, 3.8) is 0 Å². The molecule has 0 bridgehead atoms. The number of aliphatic hydroxyl groups is 1. The Labute approximate surface area is 243 Å². The van der Waals surface area contributed by atoms with Crippen LogP contribution in [0.3, 0.4) is 0 Å². The smallest absolute Gasteiger partial charge is 0.411 e. The highest BCUT2D eigenvalue weighted by molar-refractivity contribution is 6.32. The highest BCUT2D eigenvalue weighted by atomic mass is 16.5. The van der Waals surface area contributed by atoms with Crippen molar-refractivity contribution < 1.29 is 43.7 Å². The zero-order valence-corrected chi connectivity index (χ0v) is 24.8. The number of aromatic hydroxyl groups is 1. The maximum absolute atomic E-state index is 14.0. The van der Waals surface area contributed by atoms with Gasteiger partial charge in [-0.1, -0.05) is 20.8 Å². The number of likely N-dealkylation sites (N-methyl/N-ethyl adjacent to an activating group) is 1. The lowest BCUT2D eigenvalue weighted by Crippen LogP contribution is -2.74. The summed E-state index contributed by atoms with van der Waals surface area (Å²) in [4.78, 5) is 82.5. The van der Waals surface area contributed by atoms with E-state index in [1.807, 2.05) is 20.8 Å². The third-order valence-electron chi connectivity index (χ3n) is 8.39. The maximum Gasteiger partial charge on any atom is 0.411 e. The number of ether oxygens (including phenoxy) is 1. The maximum atomic E-state index is 14.0. The van der Waals surface area contributed by atoms with Crippen molar-refractivity contribution in [2.45, 2.75) is 45.3 Å². The first-order valence-corrected chi connectivity index (χ1v) is 13.7. The largest absolute Gasteiger partial charge is 0.505 e. The minimum Gasteiger partial charge on any atom is -0.505 e. The monoisotopic (exact) mass is 586 g/mol. The molecule has 0 radical (unpaired) electrons. The quantitative estimate of drug-likeness (QED) is 0.277. The summed E-state index contributed by atoms with van der Waals surface area (Å²) in [5, 5.41) is 25.4. The molecule has 6 atom stereocenters. The normalized spacial score (nSPS) is 29.0. The van der Waals surface area contributed by atoms with Gasteiger partial charge in [-0.3, -0.25) is 34.2 Å². The fourth-order valence-electron chi connectivity index (χ4n) is 6.57. The van der Waals surface area contributed by atoms with Gasteiger partial charge in [0.15, 0.2) is 34.7 Å². The van der Waals surface area contributed by atoms with Gasteiger partial charge in [-0.2, -0.15) is 0 Å². The Kier molecular flexibility index (Phi) is 7.75. The van der Waals surface area contributed by atoms with Crippen LogP contribution in [-0.4, -0.2) is 96.7 Å². The van der Waals surface area contributed by atoms with Gasteiger partial charge in [0.2, 0.25) is 5.91 Å². The lowest BCUT2D eigenvalue weighted by atomic mass is 9.52. The average molecular weight is 587 g/mol. The van der Waals surface area contributed by atoms with E-state index in [1.165, 1.54) is 25.1 Å². The number of primary amides is 1. The van der Waals surface area contributed by atoms with Crippen LogP contribution < -0.4 is 16.0 Å². The van der Waals surface area contributed by atoms with Crippen molar-refractivity contribution in [1.82, 2.24) is 4.90 Å². The van der Waals surface area contributed by atoms with E-state index in [1.54, 1.807) is 19.0 Å². The molecule has 5 N–H and O–H groups in total. The van der Waals surface area contributed by atoms with Gasteiger partial charge in [-0.15, -0.1) is 0 Å². The van der Waals surface area contributed by atoms with Crippen LogP contribution in [0.1, 0.15) is 43.1 Å². The molecule has 0 saturated heterocycles. The summed E-state index contributed by atoms with van der Waals surface area (Å²) in [6.07, 6.45) is -0.820. The fraction of sp³-hybridized carbons (Fsp3) is 0.586. The van der Waals surface area contributed by atoms with Gasteiger partial charge in [-0.05, 0) is 49.9 Å². The van der Waals surface area contributed by atoms with E-state index in [0.717, 1.165) is 0 Å². The van der Waals surface area contributed by atoms with Crippen molar-refractivity contribution in [3.8, 4) is 5.75 Å². The van der Waals surface area contributed by atoms with Crippen molar-refractivity contribution in [2.24, 2.45) is 34.8 Å². The summed E-state index contributed by atoms with van der Waals surface area (Å²) < 4.78 is 5.24. The van der Waals surface area contributed by atoms with Gasteiger partial charge in [0.1, 0.15) is 5.75 Å². The Bertz CT molecular complexity index is 1400. The van der Waals surface area contributed by atoms with Crippen molar-refractivity contribution in [2.75, 3.05) is 45.0 Å². The molecule has 0 heterocycles. The highest BCUT2D eigenvalue weighted by Gasteiger charge is 2.69. The van der Waals surface area contributed by atoms with E-state index < -0.39 is 76.2 Å². The number of carbonyl (C=O) groups is 6. The van der Waals surface area contributed by atoms with Crippen LogP contribution >= 0.6 is 0 Å². The second-order valence-electron chi connectivity index (χ2n) is 13.1. The summed E-state index contributed by atoms with van der Waals surface area (Å²) in [5.74, 6) is -11.5. The molecule has 42 heavy (non-hydrogen) atoms. The zero-order chi connectivity index (χ0) is 31.6. The fourth-order valence-corrected chi connectivity index (χ4v) is 6.57. The molecule has 0 aromatic heterocycles. The Morgan fingerprint density at radius 2 is 1.74 bits per heavy atom. The van der Waals surface area contributed by atoms with Gasteiger partial charge in [0, 0.05) is 25.7 Å². The third-order valence-corrected chi connectivity index (χ3v) is 8.39. The van der Waals surface area contributed by atoms with Crippen molar-refractivity contribution >= 4 is 46.5 Å². The Morgan fingerprint density at radius 3 is 2.26 bits per heavy atom. The molecule has 4 rings (SSSR count). The first kappa shape index (κ1) is 31.1. The molecule has 13 nitrogen and oxygen atoms in total. The Hall–Kier alpha value is -3.84. The van der Waals surface area contributed by atoms with Gasteiger partial charge in [0.05, 0.1) is 29.8 Å². The van der Waals surface area contributed by atoms with Crippen LogP contribution in [0.15, 0.2) is 6.07 Å². The van der Waals surface area contributed by atoms with E-state index in [0.29, 0.717) is 11.3 Å². The molecule has 1 aromatic rings. The number of amides is 2. The number of carbonyl (C=O) groups excluding carboxylic acids is 6. The second-order valence-corrected chi connectivity index (χ2v) is 13.1. The third kappa shape index (κ3) is 4.83. The molecule has 13 heteroatoms. The number of rotatable bonds is 5. The Balaban J connectivity index is 1.81. The van der Waals surface area contributed by atoms with Crippen LogP contribution in [0.25, 0.3) is 0 Å². The molecular weight excluding hydrogens is 548 g/mol.